The van der Waals surface area contributed by atoms with Gasteiger partial charge in [-0.1, -0.05) is 30.4 Å². The highest BCUT2D eigenvalue weighted by Crippen LogP contribution is 2.31. The third-order valence-electron chi connectivity index (χ3n) is 5.91. The van der Waals surface area contributed by atoms with Crippen LogP contribution in [0.25, 0.3) is 10.2 Å². The molecule has 0 aliphatic heterocycles. The molecule has 0 N–H and O–H groups in total. The third kappa shape index (κ3) is 4.57. The van der Waals surface area contributed by atoms with Gasteiger partial charge in [0.15, 0.2) is 5.13 Å². The van der Waals surface area contributed by atoms with Crippen molar-refractivity contribution in [3.63, 3.8) is 0 Å². The molecule has 0 spiro atoms. The van der Waals surface area contributed by atoms with Crippen molar-refractivity contribution < 1.29 is 4.79 Å². The lowest BCUT2D eigenvalue weighted by Crippen LogP contribution is -2.33. The molecule has 0 radical (unpaired) electrons. The van der Waals surface area contributed by atoms with E-state index in [0.29, 0.717) is 6.54 Å². The first-order valence-electron chi connectivity index (χ1n) is 11.0. The molecule has 3 aromatic rings. The van der Waals surface area contributed by atoms with Gasteiger partial charge < -0.3 is 4.90 Å². The fourth-order valence-electron chi connectivity index (χ4n) is 4.14. The SMILES string of the molecule is CCc1ccc2nc(N(CCCN(C)C)C(=O)c3ccc4c(c3)CCCC4)sc2c1. The highest BCUT2D eigenvalue weighted by molar-refractivity contribution is 7.22. The van der Waals surface area contributed by atoms with Gasteiger partial charge in [0.25, 0.3) is 5.91 Å². The highest BCUT2D eigenvalue weighted by Gasteiger charge is 2.22. The Hall–Kier alpha value is -2.24. The minimum Gasteiger partial charge on any atom is -0.309 e. The molecule has 5 heteroatoms. The van der Waals surface area contributed by atoms with Crippen molar-refractivity contribution in [3.8, 4) is 0 Å². The van der Waals surface area contributed by atoms with Gasteiger partial charge in [0.1, 0.15) is 0 Å². The minimum atomic E-state index is 0.0666. The number of fused-ring (bicyclic) bond motifs is 2. The van der Waals surface area contributed by atoms with E-state index < -0.39 is 0 Å². The van der Waals surface area contributed by atoms with Crippen molar-refractivity contribution in [2.45, 2.75) is 45.4 Å². The Morgan fingerprint density at radius 1 is 1.03 bits per heavy atom. The number of nitrogens with zero attached hydrogens (tertiary/aromatic N) is 3. The van der Waals surface area contributed by atoms with Crippen molar-refractivity contribution in [2.24, 2.45) is 0 Å². The van der Waals surface area contributed by atoms with Crippen LogP contribution in [-0.4, -0.2) is 43.0 Å². The zero-order chi connectivity index (χ0) is 21.1. The van der Waals surface area contributed by atoms with Crippen molar-refractivity contribution in [3.05, 3.63) is 58.7 Å². The van der Waals surface area contributed by atoms with E-state index in [0.717, 1.165) is 53.1 Å². The summed E-state index contributed by atoms with van der Waals surface area (Å²) in [5, 5.41) is 0.805. The fourth-order valence-corrected chi connectivity index (χ4v) is 5.20. The average Bonchev–Trinajstić information content (AvgIpc) is 3.18. The number of carbonyl (C=O) groups is 1. The van der Waals surface area contributed by atoms with E-state index in [2.05, 4.69) is 56.3 Å². The predicted molar refractivity (Wildman–Crippen MR) is 127 cm³/mol. The lowest BCUT2D eigenvalue weighted by Gasteiger charge is -2.22. The number of aryl methyl sites for hydroxylation is 3. The maximum absolute atomic E-state index is 13.6. The molecule has 1 aliphatic carbocycles. The zero-order valence-electron chi connectivity index (χ0n) is 18.3. The average molecular weight is 422 g/mol. The van der Waals surface area contributed by atoms with Gasteiger partial charge in [-0.05, 0) is 100 Å². The Labute approximate surface area is 183 Å². The van der Waals surface area contributed by atoms with Crippen LogP contribution in [0.5, 0.6) is 0 Å². The van der Waals surface area contributed by atoms with Gasteiger partial charge in [-0.3, -0.25) is 9.69 Å². The predicted octanol–water partition coefficient (Wildman–Crippen LogP) is 5.34. The van der Waals surface area contributed by atoms with E-state index in [1.54, 1.807) is 11.3 Å². The Bertz CT molecular complexity index is 1040. The van der Waals surface area contributed by atoms with Crippen LogP contribution in [-0.2, 0) is 19.3 Å². The van der Waals surface area contributed by atoms with E-state index in [9.17, 15) is 4.79 Å². The summed E-state index contributed by atoms with van der Waals surface area (Å²) >= 11 is 1.63. The molecule has 1 aliphatic rings. The zero-order valence-corrected chi connectivity index (χ0v) is 19.1. The summed E-state index contributed by atoms with van der Waals surface area (Å²) in [6.07, 6.45) is 6.60. The molecule has 0 unspecified atom stereocenters. The maximum atomic E-state index is 13.6. The van der Waals surface area contributed by atoms with E-state index in [1.807, 2.05) is 11.0 Å². The first kappa shape index (κ1) is 21.0. The molecular formula is C25H31N3OS. The van der Waals surface area contributed by atoms with Crippen molar-refractivity contribution in [1.82, 2.24) is 9.88 Å². The minimum absolute atomic E-state index is 0.0666. The van der Waals surface area contributed by atoms with Crippen LogP contribution in [0.3, 0.4) is 0 Å². The number of rotatable bonds is 7. The van der Waals surface area contributed by atoms with Crippen LogP contribution in [0.15, 0.2) is 36.4 Å². The summed E-state index contributed by atoms with van der Waals surface area (Å²) in [6, 6.07) is 12.7. The van der Waals surface area contributed by atoms with Gasteiger partial charge in [-0.15, -0.1) is 0 Å². The van der Waals surface area contributed by atoms with Gasteiger partial charge in [0.2, 0.25) is 0 Å². The van der Waals surface area contributed by atoms with Gasteiger partial charge in [-0.25, -0.2) is 4.98 Å². The third-order valence-corrected chi connectivity index (χ3v) is 6.95. The second-order valence-electron chi connectivity index (χ2n) is 8.46. The standard InChI is InChI=1S/C25H31N3OS/c1-4-18-10-13-22-23(16-18)30-25(26-22)28(15-7-14-27(2)3)24(29)21-12-11-19-8-5-6-9-20(19)17-21/h10-13,16-17H,4-9,14-15H2,1-3H3. The summed E-state index contributed by atoms with van der Waals surface area (Å²) in [5.74, 6) is 0.0666. The lowest BCUT2D eigenvalue weighted by atomic mass is 9.90. The van der Waals surface area contributed by atoms with Crippen molar-refractivity contribution in [1.29, 1.82) is 0 Å². The quantitative estimate of drug-likeness (QED) is 0.517. The van der Waals surface area contributed by atoms with Crippen LogP contribution >= 0.6 is 11.3 Å². The van der Waals surface area contributed by atoms with Gasteiger partial charge in [-0.2, -0.15) is 0 Å². The van der Waals surface area contributed by atoms with Gasteiger partial charge in [0.05, 0.1) is 10.2 Å². The molecule has 0 bridgehead atoms. The summed E-state index contributed by atoms with van der Waals surface area (Å²) in [4.78, 5) is 22.5. The Balaban J connectivity index is 1.66. The number of benzene rings is 2. The molecule has 1 aromatic heterocycles. The van der Waals surface area contributed by atoms with E-state index in [1.165, 1.54) is 29.5 Å². The van der Waals surface area contributed by atoms with E-state index in [-0.39, 0.29) is 5.91 Å². The number of aromatic nitrogens is 1. The fraction of sp³-hybridized carbons (Fsp3) is 0.440. The van der Waals surface area contributed by atoms with Crippen LogP contribution in [0.1, 0.15) is 53.2 Å². The Morgan fingerprint density at radius 2 is 1.83 bits per heavy atom. The number of hydrogen-bond acceptors (Lipinski definition) is 4. The topological polar surface area (TPSA) is 36.4 Å². The normalized spacial score (nSPS) is 13.6. The van der Waals surface area contributed by atoms with Gasteiger partial charge in [0, 0.05) is 12.1 Å². The van der Waals surface area contributed by atoms with Crippen molar-refractivity contribution in [2.75, 3.05) is 32.1 Å². The summed E-state index contributed by atoms with van der Waals surface area (Å²) in [7, 11) is 4.14. The molecule has 0 atom stereocenters. The summed E-state index contributed by atoms with van der Waals surface area (Å²) in [6.45, 7) is 3.78. The molecule has 2 aromatic carbocycles. The molecule has 0 fully saturated rings. The number of hydrogen-bond donors (Lipinski definition) is 0. The number of thiazole rings is 1. The lowest BCUT2D eigenvalue weighted by molar-refractivity contribution is 0.0986. The molecule has 4 nitrogen and oxygen atoms in total. The number of amides is 1. The maximum Gasteiger partial charge on any atom is 0.260 e. The number of anilines is 1. The Kier molecular flexibility index (Phi) is 6.49. The van der Waals surface area contributed by atoms with Gasteiger partial charge >= 0.3 is 0 Å². The molecular weight excluding hydrogens is 390 g/mol. The molecule has 1 heterocycles. The summed E-state index contributed by atoms with van der Waals surface area (Å²) < 4.78 is 1.15. The van der Waals surface area contributed by atoms with Crippen LogP contribution in [0.2, 0.25) is 0 Å². The van der Waals surface area contributed by atoms with E-state index >= 15 is 0 Å². The van der Waals surface area contributed by atoms with Crippen LogP contribution < -0.4 is 4.90 Å². The highest BCUT2D eigenvalue weighted by atomic mass is 32.1. The second-order valence-corrected chi connectivity index (χ2v) is 9.47. The smallest absolute Gasteiger partial charge is 0.260 e. The van der Waals surface area contributed by atoms with Crippen LogP contribution in [0.4, 0.5) is 5.13 Å². The molecule has 30 heavy (non-hydrogen) atoms. The number of carbonyl (C=O) groups excluding carboxylic acids is 1. The monoisotopic (exact) mass is 421 g/mol. The summed E-state index contributed by atoms with van der Waals surface area (Å²) in [5.41, 5.74) is 5.82. The Morgan fingerprint density at radius 3 is 2.60 bits per heavy atom. The molecule has 0 saturated heterocycles. The second kappa shape index (κ2) is 9.27. The first-order valence-corrected chi connectivity index (χ1v) is 11.8. The molecule has 0 saturated carbocycles. The first-order chi connectivity index (χ1) is 14.5. The molecule has 158 valence electrons. The van der Waals surface area contributed by atoms with Crippen molar-refractivity contribution >= 4 is 32.6 Å². The van der Waals surface area contributed by atoms with E-state index in [4.69, 9.17) is 4.98 Å². The van der Waals surface area contributed by atoms with Crippen LogP contribution in [0, 0.1) is 0 Å². The molecule has 4 rings (SSSR count). The molecule has 1 amide bonds. The largest absolute Gasteiger partial charge is 0.309 e.